The van der Waals surface area contributed by atoms with Crippen LogP contribution >= 0.6 is 15.9 Å². The van der Waals surface area contributed by atoms with E-state index in [9.17, 15) is 4.79 Å². The van der Waals surface area contributed by atoms with Gasteiger partial charge >= 0.3 is 5.97 Å². The quantitative estimate of drug-likeness (QED) is 0.877. The molecule has 0 aliphatic carbocycles. The normalized spacial score (nSPS) is 10.8. The van der Waals surface area contributed by atoms with Crippen molar-refractivity contribution >= 4 is 21.9 Å². The Morgan fingerprint density at radius 1 is 1.40 bits per heavy atom. The largest absolute Gasteiger partial charge is 0.476 e. The molecule has 0 fully saturated rings. The van der Waals surface area contributed by atoms with E-state index in [1.54, 1.807) is 10.9 Å². The van der Waals surface area contributed by atoms with Crippen LogP contribution in [0.15, 0.2) is 28.9 Å². The molecule has 0 aliphatic heterocycles. The maximum absolute atomic E-state index is 11.2. The van der Waals surface area contributed by atoms with E-state index in [0.29, 0.717) is 5.56 Å². The van der Waals surface area contributed by atoms with Crippen molar-refractivity contribution < 1.29 is 15.0 Å². The molecule has 0 bridgehead atoms. The van der Waals surface area contributed by atoms with Crippen molar-refractivity contribution in [3.8, 4) is 5.69 Å². The van der Waals surface area contributed by atoms with Gasteiger partial charge in [-0.2, -0.15) is 5.10 Å². The first-order valence-electron chi connectivity index (χ1n) is 6.28. The Hall–Kier alpha value is -1.66. The van der Waals surface area contributed by atoms with E-state index < -0.39 is 5.97 Å². The summed E-state index contributed by atoms with van der Waals surface area (Å²) in [6.07, 6.45) is 2.76. The molecular weight excluding hydrogens is 324 g/mol. The summed E-state index contributed by atoms with van der Waals surface area (Å²) in [5, 5.41) is 22.3. The average molecular weight is 339 g/mol. The number of aliphatic hydroxyl groups excluding tert-OH is 1. The van der Waals surface area contributed by atoms with Gasteiger partial charge in [0.05, 0.1) is 5.69 Å². The van der Waals surface area contributed by atoms with Crippen molar-refractivity contribution in [2.24, 2.45) is 0 Å². The molecule has 2 rings (SSSR count). The fraction of sp³-hybridized carbons (Fsp3) is 0.286. The highest BCUT2D eigenvalue weighted by Crippen LogP contribution is 2.22. The lowest BCUT2D eigenvalue weighted by Crippen LogP contribution is -2.04. The minimum Gasteiger partial charge on any atom is -0.476 e. The van der Waals surface area contributed by atoms with E-state index >= 15 is 0 Å². The van der Waals surface area contributed by atoms with Crippen molar-refractivity contribution in [1.82, 2.24) is 9.78 Å². The minimum absolute atomic E-state index is 0.0102. The number of aliphatic hydroxyl groups is 1. The van der Waals surface area contributed by atoms with Crippen LogP contribution in [0.1, 0.15) is 28.5 Å². The summed E-state index contributed by atoms with van der Waals surface area (Å²) in [7, 11) is 0. The molecule has 1 aromatic heterocycles. The first kappa shape index (κ1) is 14.7. The second kappa shape index (κ2) is 6.19. The summed E-state index contributed by atoms with van der Waals surface area (Å²) in [6.45, 7) is 1.93. The molecule has 0 aliphatic rings. The van der Waals surface area contributed by atoms with Gasteiger partial charge < -0.3 is 10.2 Å². The van der Waals surface area contributed by atoms with Crippen LogP contribution in [0.4, 0.5) is 0 Å². The number of nitrogens with zero attached hydrogens (tertiary/aromatic N) is 2. The van der Waals surface area contributed by atoms with Gasteiger partial charge in [0.1, 0.15) is 0 Å². The lowest BCUT2D eigenvalue weighted by atomic mass is 10.1. The fourth-order valence-corrected chi connectivity index (χ4v) is 2.49. The molecular formula is C14H15BrN2O3. The lowest BCUT2D eigenvalue weighted by molar-refractivity contribution is 0.0688. The first-order chi connectivity index (χ1) is 9.56. The maximum Gasteiger partial charge on any atom is 0.356 e. The third-order valence-electron chi connectivity index (χ3n) is 3.04. The number of aromatic nitrogens is 2. The number of hydrogen-bond acceptors (Lipinski definition) is 3. The molecule has 0 radical (unpaired) electrons. The molecule has 1 aromatic carbocycles. The first-order valence-corrected chi connectivity index (χ1v) is 7.07. The highest BCUT2D eigenvalue weighted by molar-refractivity contribution is 9.10. The summed E-state index contributed by atoms with van der Waals surface area (Å²) in [4.78, 5) is 11.2. The molecule has 0 spiro atoms. The van der Waals surface area contributed by atoms with E-state index in [1.165, 1.54) is 0 Å². The second-order valence-electron chi connectivity index (χ2n) is 4.35. The number of rotatable bonds is 5. The Kier molecular flexibility index (Phi) is 4.57. The minimum atomic E-state index is -1.08. The molecule has 0 amide bonds. The van der Waals surface area contributed by atoms with Gasteiger partial charge in [0, 0.05) is 22.8 Å². The highest BCUT2D eigenvalue weighted by Gasteiger charge is 2.17. The smallest absolute Gasteiger partial charge is 0.356 e. The number of halogens is 1. The zero-order chi connectivity index (χ0) is 14.7. The zero-order valence-electron chi connectivity index (χ0n) is 11.0. The number of carbonyl (C=O) groups is 1. The predicted molar refractivity (Wildman–Crippen MR) is 78.4 cm³/mol. The van der Waals surface area contributed by atoms with E-state index in [0.717, 1.165) is 22.1 Å². The van der Waals surface area contributed by atoms with Crippen LogP contribution < -0.4 is 0 Å². The Morgan fingerprint density at radius 2 is 2.15 bits per heavy atom. The Bertz CT molecular complexity index is 637. The van der Waals surface area contributed by atoms with Crippen LogP contribution in [0.25, 0.3) is 5.69 Å². The number of aromatic carboxylic acids is 1. The third-order valence-corrected chi connectivity index (χ3v) is 3.54. The van der Waals surface area contributed by atoms with E-state index in [4.69, 9.17) is 10.2 Å². The summed E-state index contributed by atoms with van der Waals surface area (Å²) < 4.78 is 2.54. The summed E-state index contributed by atoms with van der Waals surface area (Å²) >= 11 is 3.42. The molecule has 0 saturated carbocycles. The van der Waals surface area contributed by atoms with Crippen LogP contribution in [-0.2, 0) is 12.8 Å². The van der Waals surface area contributed by atoms with Gasteiger partial charge in [-0.1, -0.05) is 22.9 Å². The number of carboxylic acids is 1. The molecule has 5 nitrogen and oxygen atoms in total. The summed E-state index contributed by atoms with van der Waals surface area (Å²) in [6, 6.07) is 5.77. The molecule has 20 heavy (non-hydrogen) atoms. The topological polar surface area (TPSA) is 75.4 Å². The summed E-state index contributed by atoms with van der Waals surface area (Å²) in [5.74, 6) is -1.08. The lowest BCUT2D eigenvalue weighted by Gasteiger charge is -2.08. The Labute approximate surface area is 125 Å². The second-order valence-corrected chi connectivity index (χ2v) is 5.27. The Morgan fingerprint density at radius 3 is 2.75 bits per heavy atom. The average Bonchev–Trinajstić information content (AvgIpc) is 2.83. The van der Waals surface area contributed by atoms with Crippen molar-refractivity contribution in [2.45, 2.75) is 19.8 Å². The molecule has 2 N–H and O–H groups in total. The predicted octanol–water partition coefficient (Wildman–Crippen LogP) is 2.43. The standard InChI is InChI=1S/C14H15BrN2O3/c1-2-9-7-11(15)3-4-12(9)17-8-10(5-6-18)13(16-17)14(19)20/h3-4,7-8,18H,2,5-6H2,1H3,(H,19,20). The Balaban J connectivity index is 2.53. The van der Waals surface area contributed by atoms with E-state index in [2.05, 4.69) is 21.0 Å². The maximum atomic E-state index is 11.2. The van der Waals surface area contributed by atoms with Gasteiger partial charge in [0.25, 0.3) is 0 Å². The van der Waals surface area contributed by atoms with Gasteiger partial charge in [-0.05, 0) is 36.6 Å². The third kappa shape index (κ3) is 2.91. The molecule has 106 valence electrons. The van der Waals surface area contributed by atoms with Crippen LogP contribution in [0.5, 0.6) is 0 Å². The molecule has 0 saturated heterocycles. The van der Waals surface area contributed by atoms with Crippen LogP contribution in [-0.4, -0.2) is 32.6 Å². The molecule has 0 unspecified atom stereocenters. The molecule has 0 atom stereocenters. The van der Waals surface area contributed by atoms with Crippen molar-refractivity contribution in [3.63, 3.8) is 0 Å². The number of benzene rings is 1. The van der Waals surface area contributed by atoms with E-state index in [1.807, 2.05) is 25.1 Å². The van der Waals surface area contributed by atoms with Gasteiger partial charge in [-0.25, -0.2) is 9.48 Å². The molecule has 6 heteroatoms. The van der Waals surface area contributed by atoms with Gasteiger partial charge in [-0.3, -0.25) is 0 Å². The number of aryl methyl sites for hydroxylation is 1. The van der Waals surface area contributed by atoms with Crippen LogP contribution in [0.2, 0.25) is 0 Å². The van der Waals surface area contributed by atoms with Gasteiger partial charge in [0.15, 0.2) is 5.69 Å². The number of hydrogen-bond donors (Lipinski definition) is 2. The fourth-order valence-electron chi connectivity index (χ4n) is 2.08. The van der Waals surface area contributed by atoms with Crippen molar-refractivity contribution in [2.75, 3.05) is 6.61 Å². The summed E-state index contributed by atoms with van der Waals surface area (Å²) in [5.41, 5.74) is 2.44. The van der Waals surface area contributed by atoms with E-state index in [-0.39, 0.29) is 18.7 Å². The van der Waals surface area contributed by atoms with Crippen LogP contribution in [0, 0.1) is 0 Å². The molecule has 2 aromatic rings. The monoisotopic (exact) mass is 338 g/mol. The van der Waals surface area contributed by atoms with Crippen LogP contribution in [0.3, 0.4) is 0 Å². The zero-order valence-corrected chi connectivity index (χ0v) is 12.6. The van der Waals surface area contributed by atoms with Gasteiger partial charge in [0.2, 0.25) is 0 Å². The highest BCUT2D eigenvalue weighted by atomic mass is 79.9. The van der Waals surface area contributed by atoms with Crippen molar-refractivity contribution in [3.05, 3.63) is 45.7 Å². The molecule has 1 heterocycles. The number of carboxylic acid groups (broad SMARTS) is 1. The SMILES string of the molecule is CCc1cc(Br)ccc1-n1cc(CCO)c(C(=O)O)n1. The van der Waals surface area contributed by atoms with Gasteiger partial charge in [-0.15, -0.1) is 0 Å². The van der Waals surface area contributed by atoms with Crippen molar-refractivity contribution in [1.29, 1.82) is 0 Å².